The van der Waals surface area contributed by atoms with Gasteiger partial charge < -0.3 is 20.8 Å². The van der Waals surface area contributed by atoms with Gasteiger partial charge in [-0.25, -0.2) is 4.79 Å². The molecule has 19 heavy (non-hydrogen) atoms. The summed E-state index contributed by atoms with van der Waals surface area (Å²) in [5.41, 5.74) is 0. The molecule has 0 radical (unpaired) electrons. The van der Waals surface area contributed by atoms with Crippen LogP contribution in [0, 0.1) is 0 Å². The first-order valence-corrected chi connectivity index (χ1v) is 5.81. The van der Waals surface area contributed by atoms with Crippen LogP contribution in [-0.4, -0.2) is 49.7 Å². The molecule has 6 nitrogen and oxygen atoms in total. The SMILES string of the molecule is C=CCCNCCNCCN=C([O-])/C=C/C(=O)O.[Na+]. The molecule has 102 valence electrons. The van der Waals surface area contributed by atoms with Crippen LogP contribution in [0.4, 0.5) is 0 Å². The molecule has 0 fully saturated rings. The van der Waals surface area contributed by atoms with Crippen LogP contribution in [0.1, 0.15) is 6.42 Å². The summed E-state index contributed by atoms with van der Waals surface area (Å²) >= 11 is 0. The van der Waals surface area contributed by atoms with Gasteiger partial charge in [0.05, 0.1) is 6.54 Å². The van der Waals surface area contributed by atoms with Crippen LogP contribution in [0.3, 0.4) is 0 Å². The molecule has 0 unspecified atom stereocenters. The molecule has 0 amide bonds. The van der Waals surface area contributed by atoms with Crippen molar-refractivity contribution in [3.63, 3.8) is 0 Å². The van der Waals surface area contributed by atoms with E-state index in [0.29, 0.717) is 13.1 Å². The van der Waals surface area contributed by atoms with Gasteiger partial charge in [-0.3, -0.25) is 4.99 Å². The molecule has 3 N–H and O–H groups in total. The molecule has 0 spiro atoms. The molecule has 0 aliphatic rings. The second kappa shape index (κ2) is 15.4. The second-order valence-corrected chi connectivity index (χ2v) is 3.47. The molecule has 0 bridgehead atoms. The number of nitrogens with one attached hydrogen (secondary N) is 2. The van der Waals surface area contributed by atoms with E-state index in [1.165, 1.54) is 0 Å². The third kappa shape index (κ3) is 17.3. The number of hydrogen-bond acceptors (Lipinski definition) is 5. The third-order valence-electron chi connectivity index (χ3n) is 1.93. The van der Waals surface area contributed by atoms with Crippen molar-refractivity contribution in [2.75, 3.05) is 32.7 Å². The fraction of sp³-hybridized carbons (Fsp3) is 0.500. The molecule has 0 aromatic carbocycles. The van der Waals surface area contributed by atoms with Gasteiger partial charge in [-0.05, 0) is 24.9 Å². The van der Waals surface area contributed by atoms with Crippen molar-refractivity contribution < 1.29 is 44.6 Å². The Kier molecular flexibility index (Phi) is 16.7. The molecule has 7 heteroatoms. The van der Waals surface area contributed by atoms with Crippen molar-refractivity contribution in [1.29, 1.82) is 0 Å². The minimum Gasteiger partial charge on any atom is -0.859 e. The summed E-state index contributed by atoms with van der Waals surface area (Å²) in [7, 11) is 0. The van der Waals surface area contributed by atoms with E-state index in [4.69, 9.17) is 5.11 Å². The quantitative estimate of drug-likeness (QED) is 0.0897. The minimum absolute atomic E-state index is 0. The van der Waals surface area contributed by atoms with E-state index in [9.17, 15) is 9.90 Å². The van der Waals surface area contributed by atoms with Crippen molar-refractivity contribution in [3.8, 4) is 0 Å². The minimum atomic E-state index is -1.15. The summed E-state index contributed by atoms with van der Waals surface area (Å²) in [5, 5.41) is 25.6. The maximum Gasteiger partial charge on any atom is 1.00 e. The van der Waals surface area contributed by atoms with E-state index in [2.05, 4.69) is 22.2 Å². The first kappa shape index (κ1) is 20.7. The number of aliphatic imine (C=N–C) groups is 1. The van der Waals surface area contributed by atoms with Crippen molar-refractivity contribution in [2.24, 2.45) is 4.99 Å². The fourth-order valence-electron chi connectivity index (χ4n) is 1.07. The van der Waals surface area contributed by atoms with E-state index < -0.39 is 11.9 Å². The monoisotopic (exact) mass is 277 g/mol. The average Bonchev–Trinajstić information content (AvgIpc) is 2.34. The van der Waals surface area contributed by atoms with Crippen molar-refractivity contribution in [3.05, 3.63) is 24.8 Å². The molecular weight excluding hydrogens is 257 g/mol. The zero-order valence-corrected chi connectivity index (χ0v) is 13.4. The summed E-state index contributed by atoms with van der Waals surface area (Å²) in [6.07, 6.45) is 4.53. The Morgan fingerprint density at radius 2 is 1.84 bits per heavy atom. The maximum absolute atomic E-state index is 11.0. The Hall–Kier alpha value is -0.660. The van der Waals surface area contributed by atoms with Gasteiger partial charge in [0.2, 0.25) is 0 Å². The van der Waals surface area contributed by atoms with Crippen LogP contribution in [-0.2, 0) is 4.79 Å². The van der Waals surface area contributed by atoms with Crippen LogP contribution in [0.5, 0.6) is 0 Å². The Morgan fingerprint density at radius 1 is 1.21 bits per heavy atom. The summed E-state index contributed by atoms with van der Waals surface area (Å²) in [6, 6.07) is 0. The molecule has 0 rings (SSSR count). The fourth-order valence-corrected chi connectivity index (χ4v) is 1.07. The Labute approximate surface area is 136 Å². The summed E-state index contributed by atoms with van der Waals surface area (Å²) in [5.74, 6) is -1.68. The molecule has 0 aromatic rings. The van der Waals surface area contributed by atoms with Gasteiger partial charge in [0, 0.05) is 25.7 Å². The van der Waals surface area contributed by atoms with Gasteiger partial charge >= 0.3 is 35.5 Å². The molecule has 0 atom stereocenters. The normalized spacial score (nSPS) is 11.3. The van der Waals surface area contributed by atoms with Gasteiger partial charge in [-0.2, -0.15) is 0 Å². The number of carbonyl (C=O) groups is 1. The molecule has 0 saturated carbocycles. The van der Waals surface area contributed by atoms with Crippen molar-refractivity contribution in [2.45, 2.75) is 6.42 Å². The van der Waals surface area contributed by atoms with E-state index in [-0.39, 0.29) is 29.6 Å². The number of hydrogen-bond donors (Lipinski definition) is 3. The second-order valence-electron chi connectivity index (χ2n) is 3.47. The molecule has 0 aliphatic carbocycles. The first-order chi connectivity index (χ1) is 8.66. The van der Waals surface area contributed by atoms with Gasteiger partial charge in [-0.15, -0.1) is 6.58 Å². The first-order valence-electron chi connectivity index (χ1n) is 5.81. The van der Waals surface area contributed by atoms with Crippen molar-refractivity contribution in [1.82, 2.24) is 10.6 Å². The number of carboxylic acid groups (broad SMARTS) is 1. The predicted molar refractivity (Wildman–Crippen MR) is 69.6 cm³/mol. The number of rotatable bonds is 11. The van der Waals surface area contributed by atoms with Crippen LogP contribution in [0.25, 0.3) is 0 Å². The molecule has 0 heterocycles. The van der Waals surface area contributed by atoms with Gasteiger partial charge in [0.25, 0.3) is 0 Å². The number of aliphatic carboxylic acids is 1. The molecule has 0 aromatic heterocycles. The van der Waals surface area contributed by atoms with Gasteiger partial charge in [0.1, 0.15) is 0 Å². The molecular formula is C12H20N3NaO3. The Morgan fingerprint density at radius 3 is 2.42 bits per heavy atom. The molecule has 0 aliphatic heterocycles. The van der Waals surface area contributed by atoms with Crippen LogP contribution in [0.15, 0.2) is 29.8 Å². The van der Waals surface area contributed by atoms with Crippen molar-refractivity contribution >= 4 is 11.9 Å². The van der Waals surface area contributed by atoms with Crippen LogP contribution >= 0.6 is 0 Å². The van der Waals surface area contributed by atoms with E-state index in [0.717, 1.165) is 38.2 Å². The van der Waals surface area contributed by atoms with Crippen LogP contribution < -0.4 is 45.3 Å². The van der Waals surface area contributed by atoms with E-state index in [1.54, 1.807) is 0 Å². The zero-order chi connectivity index (χ0) is 13.6. The third-order valence-corrected chi connectivity index (χ3v) is 1.93. The summed E-state index contributed by atoms with van der Waals surface area (Å²) in [4.78, 5) is 13.8. The zero-order valence-electron chi connectivity index (χ0n) is 11.4. The topological polar surface area (TPSA) is 96.8 Å². The largest absolute Gasteiger partial charge is 1.00 e. The smallest absolute Gasteiger partial charge is 0.859 e. The van der Waals surface area contributed by atoms with E-state index in [1.807, 2.05) is 6.08 Å². The number of nitrogens with zero attached hydrogens (tertiary/aromatic N) is 1. The van der Waals surface area contributed by atoms with Crippen LogP contribution in [0.2, 0.25) is 0 Å². The van der Waals surface area contributed by atoms with Gasteiger partial charge in [-0.1, -0.05) is 6.08 Å². The predicted octanol–water partition coefficient (Wildman–Crippen LogP) is -3.85. The molecule has 0 saturated heterocycles. The van der Waals surface area contributed by atoms with E-state index >= 15 is 0 Å². The number of carboxylic acids is 1. The Balaban J connectivity index is 0. The Bertz CT molecular complexity index is 307. The maximum atomic E-state index is 11.0. The summed E-state index contributed by atoms with van der Waals surface area (Å²) in [6.45, 7) is 7.11. The summed E-state index contributed by atoms with van der Waals surface area (Å²) < 4.78 is 0. The standard InChI is InChI=1S/C12H21N3O3.Na/c1-2-3-6-13-7-8-14-9-10-15-11(16)4-5-12(17)18;/h2,4-5,13-14H,1,3,6-10H2,(H,15,16)(H,17,18);/q;+1/p-1/b5-4+;. The average molecular weight is 277 g/mol. The van der Waals surface area contributed by atoms with Gasteiger partial charge in [0.15, 0.2) is 0 Å².